The third-order valence-electron chi connectivity index (χ3n) is 2.23. The number of carbonyl (C=O) groups is 1. The van der Waals surface area contributed by atoms with Crippen molar-refractivity contribution in [3.05, 3.63) is 5.82 Å². The lowest BCUT2D eigenvalue weighted by Crippen LogP contribution is -2.40. The Balaban J connectivity index is 1.78. The first-order valence-corrected chi connectivity index (χ1v) is 4.67. The fourth-order valence-electron chi connectivity index (χ4n) is 1.46. The monoisotopic (exact) mass is 212 g/mol. The quantitative estimate of drug-likeness (QED) is 0.441. The lowest BCUT2D eigenvalue weighted by molar-refractivity contribution is -0.123. The van der Waals surface area contributed by atoms with Crippen LogP contribution in [0, 0.1) is 0 Å². The van der Waals surface area contributed by atoms with Crippen LogP contribution in [0.25, 0.3) is 0 Å². The highest BCUT2D eigenvalue weighted by molar-refractivity contribution is 5.82. The lowest BCUT2D eigenvalue weighted by atomic mass is 10.2. The molecule has 4 N–H and O–H groups in total. The molecule has 2 atom stereocenters. The van der Waals surface area contributed by atoms with Crippen LogP contribution >= 0.6 is 0 Å². The predicted molar refractivity (Wildman–Crippen MR) is 48.4 cm³/mol. The SMILES string of the molecule is O=C(NCc1nn[nH]n1)C1CC(O)CN1. The van der Waals surface area contributed by atoms with Crippen LogP contribution in [0.5, 0.6) is 0 Å². The van der Waals surface area contributed by atoms with Crippen molar-refractivity contribution in [2.45, 2.75) is 25.1 Å². The minimum absolute atomic E-state index is 0.156. The van der Waals surface area contributed by atoms with Gasteiger partial charge in [0.05, 0.1) is 18.7 Å². The fourth-order valence-corrected chi connectivity index (χ4v) is 1.46. The van der Waals surface area contributed by atoms with Gasteiger partial charge in [-0.05, 0) is 6.42 Å². The number of nitrogens with zero attached hydrogens (tertiary/aromatic N) is 3. The summed E-state index contributed by atoms with van der Waals surface area (Å²) in [5.74, 6) is 0.276. The molecular formula is C7H12N6O2. The Kier molecular flexibility index (Phi) is 2.88. The first-order chi connectivity index (χ1) is 7.25. The number of β-amino-alcohol motifs (C(OH)–C–C–N with tert-alkyl or cyclic N) is 1. The Labute approximate surface area is 85.4 Å². The highest BCUT2D eigenvalue weighted by Gasteiger charge is 2.27. The molecule has 1 amide bonds. The molecule has 1 aliphatic heterocycles. The number of aromatic amines is 1. The molecule has 15 heavy (non-hydrogen) atoms. The molecule has 0 saturated carbocycles. The van der Waals surface area contributed by atoms with E-state index in [0.717, 1.165) is 0 Å². The van der Waals surface area contributed by atoms with E-state index in [1.807, 2.05) is 0 Å². The van der Waals surface area contributed by atoms with Crippen molar-refractivity contribution in [1.29, 1.82) is 0 Å². The van der Waals surface area contributed by atoms with E-state index in [0.29, 0.717) is 18.8 Å². The topological polar surface area (TPSA) is 116 Å². The van der Waals surface area contributed by atoms with Crippen LogP contribution in [0.4, 0.5) is 0 Å². The molecule has 1 aliphatic rings. The first-order valence-electron chi connectivity index (χ1n) is 4.67. The van der Waals surface area contributed by atoms with Gasteiger partial charge >= 0.3 is 0 Å². The highest BCUT2D eigenvalue weighted by Crippen LogP contribution is 2.05. The second-order valence-corrected chi connectivity index (χ2v) is 3.40. The van der Waals surface area contributed by atoms with Gasteiger partial charge < -0.3 is 15.7 Å². The van der Waals surface area contributed by atoms with Gasteiger partial charge in [-0.25, -0.2) is 0 Å². The molecule has 0 aromatic carbocycles. The number of aliphatic hydroxyl groups excluding tert-OH is 1. The van der Waals surface area contributed by atoms with Crippen LogP contribution < -0.4 is 10.6 Å². The largest absolute Gasteiger partial charge is 0.392 e. The van der Waals surface area contributed by atoms with Crippen LogP contribution in [0.2, 0.25) is 0 Å². The zero-order valence-electron chi connectivity index (χ0n) is 7.97. The molecule has 1 aromatic heterocycles. The molecule has 2 rings (SSSR count). The maximum Gasteiger partial charge on any atom is 0.237 e. The molecule has 8 heteroatoms. The fraction of sp³-hybridized carbons (Fsp3) is 0.714. The van der Waals surface area contributed by atoms with Gasteiger partial charge in [0.1, 0.15) is 0 Å². The van der Waals surface area contributed by atoms with Crippen molar-refractivity contribution in [2.24, 2.45) is 0 Å². The molecule has 82 valence electrons. The summed E-state index contributed by atoms with van der Waals surface area (Å²) in [4.78, 5) is 11.5. The van der Waals surface area contributed by atoms with E-state index in [1.165, 1.54) is 0 Å². The minimum atomic E-state index is -0.439. The average Bonchev–Trinajstić information content (AvgIpc) is 2.84. The number of nitrogens with one attached hydrogen (secondary N) is 3. The van der Waals surface area contributed by atoms with Crippen LogP contribution in [0.1, 0.15) is 12.2 Å². The number of tetrazole rings is 1. The van der Waals surface area contributed by atoms with E-state index in [1.54, 1.807) is 0 Å². The van der Waals surface area contributed by atoms with Crippen molar-refractivity contribution in [1.82, 2.24) is 31.3 Å². The number of hydrogen-bond acceptors (Lipinski definition) is 6. The summed E-state index contributed by atoms with van der Waals surface area (Å²) < 4.78 is 0. The van der Waals surface area contributed by atoms with Crippen molar-refractivity contribution in [2.75, 3.05) is 6.54 Å². The number of aromatic nitrogens is 4. The smallest absolute Gasteiger partial charge is 0.237 e. The molecule has 2 unspecified atom stereocenters. The predicted octanol–water partition coefficient (Wildman–Crippen LogP) is -2.46. The molecule has 1 fully saturated rings. The molecular weight excluding hydrogens is 200 g/mol. The summed E-state index contributed by atoms with van der Waals surface area (Å²) in [7, 11) is 0. The van der Waals surface area contributed by atoms with Crippen molar-refractivity contribution < 1.29 is 9.90 Å². The zero-order valence-corrected chi connectivity index (χ0v) is 7.97. The molecule has 0 radical (unpaired) electrons. The summed E-state index contributed by atoms with van der Waals surface area (Å²) in [6, 6.07) is -0.327. The summed E-state index contributed by atoms with van der Waals surface area (Å²) in [5, 5.41) is 27.8. The lowest BCUT2D eigenvalue weighted by Gasteiger charge is -2.08. The van der Waals surface area contributed by atoms with Gasteiger partial charge in [0.25, 0.3) is 0 Å². The molecule has 0 aliphatic carbocycles. The molecule has 8 nitrogen and oxygen atoms in total. The van der Waals surface area contributed by atoms with Crippen molar-refractivity contribution in [3.8, 4) is 0 Å². The first kappa shape index (κ1) is 9.99. The maximum absolute atomic E-state index is 11.5. The third kappa shape index (κ3) is 2.48. The van der Waals surface area contributed by atoms with Crippen LogP contribution in [-0.4, -0.2) is 50.3 Å². The van der Waals surface area contributed by atoms with E-state index in [-0.39, 0.29) is 18.5 Å². The minimum Gasteiger partial charge on any atom is -0.392 e. The van der Waals surface area contributed by atoms with Gasteiger partial charge in [-0.1, -0.05) is 5.21 Å². The van der Waals surface area contributed by atoms with Crippen LogP contribution in [0.3, 0.4) is 0 Å². The summed E-state index contributed by atoms with van der Waals surface area (Å²) in [6.07, 6.45) is 0.00358. The number of H-pyrrole nitrogens is 1. The normalized spacial score (nSPS) is 25.4. The third-order valence-corrected chi connectivity index (χ3v) is 2.23. The van der Waals surface area contributed by atoms with Gasteiger partial charge in [-0.2, -0.15) is 5.21 Å². The highest BCUT2D eigenvalue weighted by atomic mass is 16.3. The van der Waals surface area contributed by atoms with Gasteiger partial charge in [0.15, 0.2) is 5.82 Å². The zero-order chi connectivity index (χ0) is 10.7. The summed E-state index contributed by atoms with van der Waals surface area (Å²) >= 11 is 0. The number of amides is 1. The number of aliphatic hydroxyl groups is 1. The number of carbonyl (C=O) groups excluding carboxylic acids is 1. The standard InChI is InChI=1S/C7H12N6O2/c14-4-1-5(8-2-4)7(15)9-3-6-10-12-13-11-6/h4-5,8,14H,1-3H2,(H,9,15)(H,10,11,12,13). The molecule has 1 aromatic rings. The number of hydrogen-bond donors (Lipinski definition) is 4. The van der Waals surface area contributed by atoms with E-state index < -0.39 is 6.10 Å². The summed E-state index contributed by atoms with van der Waals surface area (Å²) in [5.41, 5.74) is 0. The molecule has 0 spiro atoms. The maximum atomic E-state index is 11.5. The van der Waals surface area contributed by atoms with Gasteiger partial charge in [-0.3, -0.25) is 4.79 Å². The Hall–Kier alpha value is -1.54. The number of rotatable bonds is 3. The Morgan fingerprint density at radius 1 is 1.67 bits per heavy atom. The second kappa shape index (κ2) is 4.32. The van der Waals surface area contributed by atoms with Crippen LogP contribution in [0.15, 0.2) is 0 Å². The van der Waals surface area contributed by atoms with Crippen LogP contribution in [-0.2, 0) is 11.3 Å². The molecule has 0 bridgehead atoms. The van der Waals surface area contributed by atoms with E-state index in [4.69, 9.17) is 0 Å². The van der Waals surface area contributed by atoms with E-state index in [9.17, 15) is 9.90 Å². The Morgan fingerprint density at radius 3 is 3.13 bits per heavy atom. The van der Waals surface area contributed by atoms with Crippen molar-refractivity contribution >= 4 is 5.91 Å². The Bertz CT molecular complexity index is 326. The van der Waals surface area contributed by atoms with Gasteiger partial charge in [-0.15, -0.1) is 10.2 Å². The van der Waals surface area contributed by atoms with Gasteiger partial charge in [0, 0.05) is 6.54 Å². The second-order valence-electron chi connectivity index (χ2n) is 3.40. The van der Waals surface area contributed by atoms with Gasteiger partial charge in [0.2, 0.25) is 5.91 Å². The molecule has 2 heterocycles. The van der Waals surface area contributed by atoms with E-state index >= 15 is 0 Å². The molecule has 1 saturated heterocycles. The van der Waals surface area contributed by atoms with Crippen molar-refractivity contribution in [3.63, 3.8) is 0 Å². The average molecular weight is 212 g/mol. The Morgan fingerprint density at radius 2 is 2.53 bits per heavy atom. The van der Waals surface area contributed by atoms with E-state index in [2.05, 4.69) is 31.3 Å². The summed E-state index contributed by atoms with van der Waals surface area (Å²) in [6.45, 7) is 0.698.